The number of para-hydroxylation sites is 3. The van der Waals surface area contributed by atoms with Crippen LogP contribution < -0.4 is 15.5 Å². The van der Waals surface area contributed by atoms with Gasteiger partial charge < -0.3 is 10.6 Å². The van der Waals surface area contributed by atoms with Crippen LogP contribution in [0.15, 0.2) is 54.6 Å². The normalized spacial score (nSPS) is 17.2. The van der Waals surface area contributed by atoms with Crippen molar-refractivity contribution in [1.82, 2.24) is 0 Å². The van der Waals surface area contributed by atoms with E-state index < -0.39 is 0 Å². The maximum Gasteiger partial charge on any atom is 0.326 e. The third kappa shape index (κ3) is 2.79. The zero-order valence-corrected chi connectivity index (χ0v) is 12.2. The van der Waals surface area contributed by atoms with Crippen LogP contribution in [0.1, 0.15) is 13.3 Å². The van der Waals surface area contributed by atoms with Gasteiger partial charge in [-0.25, -0.2) is 4.79 Å². The first-order valence-corrected chi connectivity index (χ1v) is 7.19. The van der Waals surface area contributed by atoms with Gasteiger partial charge in [-0.05, 0) is 31.2 Å². The average Bonchev–Trinajstić information content (AvgIpc) is 2.62. The van der Waals surface area contributed by atoms with Crippen molar-refractivity contribution >= 4 is 29.0 Å². The Morgan fingerprint density at radius 3 is 2.59 bits per heavy atom. The van der Waals surface area contributed by atoms with Crippen molar-refractivity contribution in [3.8, 4) is 0 Å². The number of nitrogens with zero attached hydrogens (tertiary/aromatic N) is 1. The predicted octanol–water partition coefficient (Wildman–Crippen LogP) is 3.46. The molecule has 0 unspecified atom stereocenters. The van der Waals surface area contributed by atoms with Gasteiger partial charge in [-0.3, -0.25) is 9.69 Å². The van der Waals surface area contributed by atoms with Gasteiger partial charge in [-0.2, -0.15) is 0 Å². The largest absolute Gasteiger partial charge is 0.326 e. The summed E-state index contributed by atoms with van der Waals surface area (Å²) >= 11 is 0. The van der Waals surface area contributed by atoms with Crippen molar-refractivity contribution in [3.63, 3.8) is 0 Å². The molecule has 1 atom stereocenters. The fraction of sp³-hybridized carbons (Fsp3) is 0.176. The topological polar surface area (TPSA) is 61.4 Å². The summed E-state index contributed by atoms with van der Waals surface area (Å²) in [6.07, 6.45) is 0.261. The molecule has 5 heteroatoms. The van der Waals surface area contributed by atoms with Gasteiger partial charge in [0.2, 0.25) is 5.91 Å². The molecular weight excluding hydrogens is 278 g/mol. The number of benzene rings is 2. The summed E-state index contributed by atoms with van der Waals surface area (Å²) in [5.74, 6) is -0.0880. The maximum absolute atomic E-state index is 12.7. The van der Waals surface area contributed by atoms with Crippen LogP contribution in [0.3, 0.4) is 0 Å². The molecule has 0 spiro atoms. The van der Waals surface area contributed by atoms with Crippen LogP contribution in [0.2, 0.25) is 0 Å². The molecule has 1 aliphatic rings. The predicted molar refractivity (Wildman–Crippen MR) is 87.1 cm³/mol. The molecule has 3 rings (SSSR count). The van der Waals surface area contributed by atoms with Gasteiger partial charge >= 0.3 is 6.03 Å². The summed E-state index contributed by atoms with van der Waals surface area (Å²) < 4.78 is 0. The number of urea groups is 1. The quantitative estimate of drug-likeness (QED) is 0.846. The Bertz CT molecular complexity index is 700. The number of hydrogen-bond acceptors (Lipinski definition) is 2. The van der Waals surface area contributed by atoms with E-state index in [4.69, 9.17) is 0 Å². The van der Waals surface area contributed by atoms with Crippen molar-refractivity contribution in [2.45, 2.75) is 19.4 Å². The Labute approximate surface area is 128 Å². The van der Waals surface area contributed by atoms with E-state index in [1.54, 1.807) is 11.0 Å². The van der Waals surface area contributed by atoms with Gasteiger partial charge in [0, 0.05) is 18.2 Å². The molecule has 2 aromatic rings. The minimum atomic E-state index is -0.248. The number of rotatable bonds is 1. The monoisotopic (exact) mass is 295 g/mol. The van der Waals surface area contributed by atoms with Gasteiger partial charge in [0.25, 0.3) is 0 Å². The van der Waals surface area contributed by atoms with Gasteiger partial charge in [0.15, 0.2) is 0 Å². The first-order valence-electron chi connectivity index (χ1n) is 7.19. The van der Waals surface area contributed by atoms with E-state index in [1.165, 1.54) is 0 Å². The number of carbonyl (C=O) groups excluding carboxylic acids is 2. The number of hydrogen-bond donors (Lipinski definition) is 2. The van der Waals surface area contributed by atoms with Crippen LogP contribution in [-0.4, -0.2) is 18.0 Å². The minimum Gasteiger partial charge on any atom is -0.324 e. The number of nitrogens with one attached hydrogen (secondary N) is 2. The van der Waals surface area contributed by atoms with E-state index >= 15 is 0 Å². The van der Waals surface area contributed by atoms with E-state index in [2.05, 4.69) is 10.6 Å². The lowest BCUT2D eigenvalue weighted by Crippen LogP contribution is -2.41. The second-order valence-corrected chi connectivity index (χ2v) is 5.28. The van der Waals surface area contributed by atoms with E-state index in [0.717, 1.165) is 5.69 Å². The molecule has 0 radical (unpaired) electrons. The van der Waals surface area contributed by atoms with Crippen LogP contribution in [0.5, 0.6) is 0 Å². The molecule has 0 saturated heterocycles. The van der Waals surface area contributed by atoms with Crippen LogP contribution in [0, 0.1) is 0 Å². The second-order valence-electron chi connectivity index (χ2n) is 5.28. The third-order valence-electron chi connectivity index (χ3n) is 3.60. The lowest BCUT2D eigenvalue weighted by atomic mass is 10.2. The van der Waals surface area contributed by atoms with Gasteiger partial charge in [0.05, 0.1) is 11.4 Å². The van der Waals surface area contributed by atoms with Crippen LogP contribution >= 0.6 is 0 Å². The lowest BCUT2D eigenvalue weighted by molar-refractivity contribution is -0.116. The van der Waals surface area contributed by atoms with Crippen molar-refractivity contribution in [2.24, 2.45) is 0 Å². The molecule has 112 valence electrons. The smallest absolute Gasteiger partial charge is 0.324 e. The maximum atomic E-state index is 12.7. The molecule has 3 amide bonds. The first kappa shape index (κ1) is 14.1. The fourth-order valence-corrected chi connectivity index (χ4v) is 2.60. The molecule has 0 aliphatic carbocycles. The highest BCUT2D eigenvalue weighted by Gasteiger charge is 2.29. The summed E-state index contributed by atoms with van der Waals surface area (Å²) in [5, 5.41) is 5.71. The van der Waals surface area contributed by atoms with Crippen LogP contribution in [0.4, 0.5) is 21.9 Å². The Morgan fingerprint density at radius 1 is 1.14 bits per heavy atom. The van der Waals surface area contributed by atoms with Crippen molar-refractivity contribution in [3.05, 3.63) is 54.6 Å². The summed E-state index contributed by atoms with van der Waals surface area (Å²) in [6.45, 7) is 1.87. The zero-order valence-electron chi connectivity index (χ0n) is 12.2. The lowest BCUT2D eigenvalue weighted by Gasteiger charge is -2.27. The van der Waals surface area contributed by atoms with Gasteiger partial charge in [0.1, 0.15) is 0 Å². The molecular formula is C17H17N3O2. The van der Waals surface area contributed by atoms with E-state index in [9.17, 15) is 9.59 Å². The van der Waals surface area contributed by atoms with E-state index in [-0.39, 0.29) is 24.4 Å². The molecule has 0 fully saturated rings. The Morgan fingerprint density at radius 2 is 1.82 bits per heavy atom. The number of carbonyl (C=O) groups is 2. The molecule has 1 heterocycles. The number of fused-ring (bicyclic) bond motifs is 1. The van der Waals surface area contributed by atoms with Crippen molar-refractivity contribution in [1.29, 1.82) is 0 Å². The molecule has 2 N–H and O–H groups in total. The van der Waals surface area contributed by atoms with Crippen LogP contribution in [-0.2, 0) is 4.79 Å². The average molecular weight is 295 g/mol. The number of amides is 3. The van der Waals surface area contributed by atoms with Crippen molar-refractivity contribution < 1.29 is 9.59 Å². The summed E-state index contributed by atoms with van der Waals surface area (Å²) in [5.41, 5.74) is 2.08. The first-order chi connectivity index (χ1) is 10.6. The molecule has 0 bridgehead atoms. The second kappa shape index (κ2) is 5.89. The third-order valence-corrected chi connectivity index (χ3v) is 3.60. The Kier molecular flexibility index (Phi) is 3.78. The summed E-state index contributed by atoms with van der Waals surface area (Å²) in [4.78, 5) is 26.2. The summed E-state index contributed by atoms with van der Waals surface area (Å²) in [7, 11) is 0. The highest BCUT2D eigenvalue weighted by atomic mass is 16.2. The van der Waals surface area contributed by atoms with Gasteiger partial charge in [-0.1, -0.05) is 30.3 Å². The number of anilines is 3. The highest BCUT2D eigenvalue weighted by Crippen LogP contribution is 2.31. The van der Waals surface area contributed by atoms with Gasteiger partial charge in [-0.15, -0.1) is 0 Å². The molecule has 0 aromatic heterocycles. The SMILES string of the molecule is C[C@@H]1CC(=O)Nc2ccccc2N1C(=O)Nc1ccccc1. The fourth-order valence-electron chi connectivity index (χ4n) is 2.60. The molecule has 22 heavy (non-hydrogen) atoms. The van der Waals surface area contributed by atoms with E-state index in [1.807, 2.05) is 55.5 Å². The molecule has 1 aliphatic heterocycles. The minimum absolute atomic E-state index is 0.0880. The summed E-state index contributed by atoms with van der Waals surface area (Å²) in [6, 6.07) is 16.1. The van der Waals surface area contributed by atoms with E-state index in [0.29, 0.717) is 11.4 Å². The molecule has 0 saturated carbocycles. The standard InChI is InChI=1S/C17H17N3O2/c1-12-11-16(21)19-14-9-5-6-10-15(14)20(12)17(22)18-13-7-3-2-4-8-13/h2-10,12H,11H2,1H3,(H,18,22)(H,19,21)/t12-/m1/s1. The zero-order chi connectivity index (χ0) is 15.5. The highest BCUT2D eigenvalue weighted by molar-refractivity contribution is 6.08. The van der Waals surface area contributed by atoms with Crippen LogP contribution in [0.25, 0.3) is 0 Å². The Hall–Kier alpha value is -2.82. The van der Waals surface area contributed by atoms with Crippen molar-refractivity contribution in [2.75, 3.05) is 15.5 Å². The molecule has 5 nitrogen and oxygen atoms in total. The Balaban J connectivity index is 1.94. The molecule has 2 aromatic carbocycles.